The Bertz CT molecular complexity index is 1060. The van der Waals surface area contributed by atoms with Gasteiger partial charge in [-0.2, -0.15) is 0 Å². The number of benzene rings is 2. The summed E-state index contributed by atoms with van der Waals surface area (Å²) in [4.78, 5) is 34.6. The van der Waals surface area contributed by atoms with Gasteiger partial charge in [-0.15, -0.1) is 0 Å². The van der Waals surface area contributed by atoms with Crippen LogP contribution in [0.5, 0.6) is 5.75 Å². The number of anilines is 1. The Morgan fingerprint density at radius 3 is 2.60 bits per heavy atom. The lowest BCUT2D eigenvalue weighted by Gasteiger charge is -2.07. The van der Waals surface area contributed by atoms with Crippen LogP contribution in [0, 0.1) is 17.0 Å². The molecule has 30 heavy (non-hydrogen) atoms. The van der Waals surface area contributed by atoms with Gasteiger partial charge in [-0.1, -0.05) is 24.3 Å². The largest absolute Gasteiger partial charge is 0.486 e. The van der Waals surface area contributed by atoms with E-state index in [9.17, 15) is 19.7 Å². The molecule has 0 radical (unpaired) electrons. The van der Waals surface area contributed by atoms with Crippen LogP contribution >= 0.6 is 0 Å². The predicted molar refractivity (Wildman–Crippen MR) is 106 cm³/mol. The van der Waals surface area contributed by atoms with E-state index >= 15 is 0 Å². The number of carbonyl (C=O) groups excluding carboxylic acids is 2. The Morgan fingerprint density at radius 1 is 1.10 bits per heavy atom. The average Bonchev–Trinajstić information content (AvgIpc) is 3.21. The first kappa shape index (κ1) is 20.6. The second kappa shape index (κ2) is 9.37. The number of hydrogen-bond donors (Lipinski definition) is 1. The quantitative estimate of drug-likeness (QED) is 0.340. The molecule has 1 amide bonds. The van der Waals surface area contributed by atoms with Crippen LogP contribution in [-0.2, 0) is 16.1 Å². The van der Waals surface area contributed by atoms with Gasteiger partial charge < -0.3 is 19.2 Å². The highest BCUT2D eigenvalue weighted by molar-refractivity contribution is 5.96. The highest BCUT2D eigenvalue weighted by Gasteiger charge is 2.18. The maximum absolute atomic E-state index is 12.1. The summed E-state index contributed by atoms with van der Waals surface area (Å²) < 4.78 is 15.8. The van der Waals surface area contributed by atoms with Crippen LogP contribution in [0.4, 0.5) is 11.4 Å². The Kier molecular flexibility index (Phi) is 6.43. The van der Waals surface area contributed by atoms with Gasteiger partial charge in [0.15, 0.2) is 6.61 Å². The van der Waals surface area contributed by atoms with E-state index in [1.807, 2.05) is 18.2 Å². The fourth-order valence-electron chi connectivity index (χ4n) is 2.52. The summed E-state index contributed by atoms with van der Waals surface area (Å²) >= 11 is 0. The van der Waals surface area contributed by atoms with Crippen molar-refractivity contribution >= 4 is 23.3 Å². The van der Waals surface area contributed by atoms with Crippen molar-refractivity contribution in [2.75, 3.05) is 11.9 Å². The molecule has 9 heteroatoms. The zero-order valence-corrected chi connectivity index (χ0v) is 16.0. The van der Waals surface area contributed by atoms with E-state index in [-0.39, 0.29) is 23.7 Å². The van der Waals surface area contributed by atoms with E-state index in [0.29, 0.717) is 17.1 Å². The van der Waals surface area contributed by atoms with Gasteiger partial charge in [0.05, 0.1) is 4.92 Å². The molecule has 0 saturated carbocycles. The molecule has 0 spiro atoms. The van der Waals surface area contributed by atoms with Gasteiger partial charge in [0.1, 0.15) is 23.8 Å². The van der Waals surface area contributed by atoms with Crippen molar-refractivity contribution in [3.05, 3.63) is 87.9 Å². The lowest BCUT2D eigenvalue weighted by Crippen LogP contribution is -2.21. The van der Waals surface area contributed by atoms with E-state index in [4.69, 9.17) is 13.9 Å². The van der Waals surface area contributed by atoms with Crippen LogP contribution in [-0.4, -0.2) is 23.4 Å². The zero-order chi connectivity index (χ0) is 21.5. The molecule has 9 nitrogen and oxygen atoms in total. The van der Waals surface area contributed by atoms with Gasteiger partial charge >= 0.3 is 5.97 Å². The SMILES string of the molecule is Cc1ccc(NC(=O)COC(=O)c2ccc(COc3ccccc3)o2)c([N+](=O)[O-])c1. The molecule has 154 valence electrons. The summed E-state index contributed by atoms with van der Waals surface area (Å²) in [6.07, 6.45) is 0. The number of para-hydroxylation sites is 1. The molecule has 1 heterocycles. The second-order valence-electron chi connectivity index (χ2n) is 6.27. The van der Waals surface area contributed by atoms with Crippen LogP contribution in [0.2, 0.25) is 0 Å². The molecular weight excluding hydrogens is 392 g/mol. The van der Waals surface area contributed by atoms with Crippen molar-refractivity contribution in [2.24, 2.45) is 0 Å². The summed E-state index contributed by atoms with van der Waals surface area (Å²) in [7, 11) is 0. The molecule has 1 N–H and O–H groups in total. The van der Waals surface area contributed by atoms with E-state index in [0.717, 1.165) is 0 Å². The van der Waals surface area contributed by atoms with Gasteiger partial charge in [0.25, 0.3) is 11.6 Å². The molecule has 0 unspecified atom stereocenters. The number of hydrogen-bond acceptors (Lipinski definition) is 7. The van der Waals surface area contributed by atoms with Crippen molar-refractivity contribution in [3.8, 4) is 5.75 Å². The van der Waals surface area contributed by atoms with Crippen molar-refractivity contribution in [1.82, 2.24) is 0 Å². The van der Waals surface area contributed by atoms with Crippen molar-refractivity contribution < 1.29 is 28.4 Å². The topological polar surface area (TPSA) is 121 Å². The first-order chi connectivity index (χ1) is 14.4. The van der Waals surface area contributed by atoms with E-state index < -0.39 is 23.4 Å². The molecule has 0 saturated heterocycles. The van der Waals surface area contributed by atoms with Crippen LogP contribution in [0.15, 0.2) is 65.1 Å². The summed E-state index contributed by atoms with van der Waals surface area (Å²) in [5.41, 5.74) is 0.449. The van der Waals surface area contributed by atoms with E-state index in [2.05, 4.69) is 5.32 Å². The minimum absolute atomic E-state index is 0.0185. The number of amides is 1. The number of rotatable bonds is 8. The zero-order valence-electron chi connectivity index (χ0n) is 16.0. The molecule has 0 aliphatic rings. The number of nitro benzene ring substituents is 1. The van der Waals surface area contributed by atoms with Crippen molar-refractivity contribution in [2.45, 2.75) is 13.5 Å². The van der Waals surface area contributed by atoms with Gasteiger partial charge in [0, 0.05) is 6.07 Å². The fourth-order valence-corrected chi connectivity index (χ4v) is 2.52. The number of carbonyl (C=O) groups is 2. The molecule has 1 aromatic heterocycles. The fraction of sp³-hybridized carbons (Fsp3) is 0.143. The van der Waals surface area contributed by atoms with Crippen LogP contribution in [0.3, 0.4) is 0 Å². The molecule has 3 aromatic rings. The first-order valence-corrected chi connectivity index (χ1v) is 8.91. The third kappa shape index (κ3) is 5.44. The average molecular weight is 410 g/mol. The highest BCUT2D eigenvalue weighted by Crippen LogP contribution is 2.25. The lowest BCUT2D eigenvalue weighted by molar-refractivity contribution is -0.384. The minimum atomic E-state index is -0.838. The number of esters is 1. The summed E-state index contributed by atoms with van der Waals surface area (Å²) in [5.74, 6) is -0.578. The summed E-state index contributed by atoms with van der Waals surface area (Å²) in [6.45, 7) is 1.19. The summed E-state index contributed by atoms with van der Waals surface area (Å²) in [5, 5.41) is 13.5. The van der Waals surface area contributed by atoms with E-state index in [1.54, 1.807) is 31.2 Å². The molecule has 2 aromatic carbocycles. The standard InChI is InChI=1S/C21H18N2O7/c1-14-7-9-17(18(11-14)23(26)27)22-20(24)13-29-21(25)19-10-8-16(30-19)12-28-15-5-3-2-4-6-15/h2-11H,12-13H2,1H3,(H,22,24). The number of aryl methyl sites for hydroxylation is 1. The number of nitro groups is 1. The maximum atomic E-state index is 12.1. The maximum Gasteiger partial charge on any atom is 0.374 e. The van der Waals surface area contributed by atoms with Gasteiger partial charge in [-0.3, -0.25) is 14.9 Å². The molecular formula is C21H18N2O7. The predicted octanol–water partition coefficient (Wildman–Crippen LogP) is 3.87. The second-order valence-corrected chi connectivity index (χ2v) is 6.27. The Hall–Kier alpha value is -4.14. The molecule has 0 fully saturated rings. The first-order valence-electron chi connectivity index (χ1n) is 8.91. The van der Waals surface area contributed by atoms with Gasteiger partial charge in [0.2, 0.25) is 5.76 Å². The number of nitrogens with one attached hydrogen (secondary N) is 1. The smallest absolute Gasteiger partial charge is 0.374 e. The Morgan fingerprint density at radius 2 is 1.87 bits per heavy atom. The Balaban J connectivity index is 1.51. The molecule has 3 rings (SSSR count). The van der Waals surface area contributed by atoms with Crippen LogP contribution in [0.25, 0.3) is 0 Å². The lowest BCUT2D eigenvalue weighted by atomic mass is 10.2. The van der Waals surface area contributed by atoms with Crippen LogP contribution in [0.1, 0.15) is 21.9 Å². The van der Waals surface area contributed by atoms with Gasteiger partial charge in [-0.25, -0.2) is 4.79 Å². The molecule has 0 aliphatic carbocycles. The number of ether oxygens (including phenoxy) is 2. The summed E-state index contributed by atoms with van der Waals surface area (Å²) in [6, 6.07) is 16.4. The van der Waals surface area contributed by atoms with E-state index in [1.165, 1.54) is 18.2 Å². The van der Waals surface area contributed by atoms with Crippen molar-refractivity contribution in [3.63, 3.8) is 0 Å². The Labute approximate surface area is 171 Å². The van der Waals surface area contributed by atoms with Gasteiger partial charge in [-0.05, 0) is 42.8 Å². The third-order valence-electron chi connectivity index (χ3n) is 3.95. The molecule has 0 bridgehead atoms. The third-order valence-corrected chi connectivity index (χ3v) is 3.95. The molecule has 0 aliphatic heterocycles. The minimum Gasteiger partial charge on any atom is -0.486 e. The highest BCUT2D eigenvalue weighted by atomic mass is 16.6. The molecule has 0 atom stereocenters. The monoisotopic (exact) mass is 410 g/mol. The van der Waals surface area contributed by atoms with Crippen LogP contribution < -0.4 is 10.1 Å². The van der Waals surface area contributed by atoms with Crippen molar-refractivity contribution in [1.29, 1.82) is 0 Å². The number of furan rings is 1. The number of nitrogens with zero attached hydrogens (tertiary/aromatic N) is 1. The normalized spacial score (nSPS) is 10.3.